The van der Waals surface area contributed by atoms with E-state index in [1.54, 1.807) is 12.3 Å². The molecule has 2 N–H and O–H groups in total. The molecule has 1 aliphatic rings. The molecule has 0 aliphatic carbocycles. The third-order valence-electron chi connectivity index (χ3n) is 6.17. The minimum absolute atomic E-state index is 0.0803. The summed E-state index contributed by atoms with van der Waals surface area (Å²) in [5, 5.41) is 20.5. The number of anilines is 1. The van der Waals surface area contributed by atoms with Crippen molar-refractivity contribution in [1.29, 1.82) is 0 Å². The molecule has 4 aromatic rings. The van der Waals surface area contributed by atoms with E-state index in [-0.39, 0.29) is 25.0 Å². The Bertz CT molecular complexity index is 1310. The monoisotopic (exact) mass is 463 g/mol. The summed E-state index contributed by atoms with van der Waals surface area (Å²) in [6.45, 7) is 2.84. The number of nitrogens with one attached hydrogen (secondary N) is 1. The minimum atomic E-state index is -0.974. The normalized spacial score (nSPS) is 15.4. The second-order valence-electron chi connectivity index (χ2n) is 8.36. The second-order valence-corrected chi connectivity index (χ2v) is 8.36. The van der Waals surface area contributed by atoms with E-state index in [1.165, 1.54) is 11.1 Å². The number of fused-ring (bicyclic) bond motifs is 3. The molecule has 11 heteroatoms. The lowest BCUT2D eigenvalue weighted by atomic mass is 9.96. The van der Waals surface area contributed by atoms with Gasteiger partial charge in [0.2, 0.25) is 5.91 Å². The van der Waals surface area contributed by atoms with Gasteiger partial charge in [-0.05, 0) is 38.0 Å². The topological polar surface area (TPSA) is 131 Å². The lowest BCUT2D eigenvalue weighted by Crippen LogP contribution is -2.41. The van der Waals surface area contributed by atoms with Crippen molar-refractivity contribution >= 4 is 28.7 Å². The smallest absolute Gasteiger partial charge is 0.412 e. The first kappa shape index (κ1) is 21.7. The number of aromatic nitrogens is 5. The van der Waals surface area contributed by atoms with Crippen LogP contribution in [0, 0.1) is 0 Å². The van der Waals surface area contributed by atoms with Crippen LogP contribution in [0.1, 0.15) is 30.5 Å². The highest BCUT2D eigenvalue weighted by molar-refractivity contribution is 5.95. The molecule has 0 radical (unpaired) electrons. The summed E-state index contributed by atoms with van der Waals surface area (Å²) >= 11 is 0. The first-order valence-corrected chi connectivity index (χ1v) is 11.2. The lowest BCUT2D eigenvalue weighted by molar-refractivity contribution is -0.121. The van der Waals surface area contributed by atoms with E-state index in [9.17, 15) is 14.7 Å². The number of rotatable bonds is 7. The molecule has 1 atom stereocenters. The molecule has 3 aromatic heterocycles. The highest BCUT2D eigenvalue weighted by atomic mass is 16.5. The molecule has 34 heavy (non-hydrogen) atoms. The van der Waals surface area contributed by atoms with Gasteiger partial charge in [-0.25, -0.2) is 9.78 Å². The Labute approximate surface area is 195 Å². The largest absolute Gasteiger partial charge is 0.465 e. The van der Waals surface area contributed by atoms with Gasteiger partial charge in [0.05, 0.1) is 29.5 Å². The third-order valence-corrected chi connectivity index (χ3v) is 6.17. The molecule has 0 unspecified atom stereocenters. The van der Waals surface area contributed by atoms with Crippen LogP contribution in [0.2, 0.25) is 0 Å². The number of imidazole rings is 1. The van der Waals surface area contributed by atoms with Gasteiger partial charge in [0, 0.05) is 43.0 Å². The van der Waals surface area contributed by atoms with Crippen molar-refractivity contribution in [3.05, 3.63) is 60.0 Å². The van der Waals surface area contributed by atoms with Crippen LogP contribution in [-0.4, -0.2) is 47.6 Å². The summed E-state index contributed by atoms with van der Waals surface area (Å²) in [6.07, 6.45) is 6.17. The predicted molar refractivity (Wildman–Crippen MR) is 122 cm³/mol. The number of benzene rings is 1. The maximum atomic E-state index is 12.8. The summed E-state index contributed by atoms with van der Waals surface area (Å²) in [4.78, 5) is 31.0. The summed E-state index contributed by atoms with van der Waals surface area (Å²) in [6, 6.07) is 7.13. The van der Waals surface area contributed by atoms with Gasteiger partial charge in [0.15, 0.2) is 5.76 Å². The number of hydrogen-bond donors (Lipinski definition) is 2. The molecule has 0 saturated heterocycles. The Hall–Kier alpha value is -4.15. The summed E-state index contributed by atoms with van der Waals surface area (Å²) in [5.41, 5.74) is 3.12. The zero-order chi connectivity index (χ0) is 23.7. The molecule has 0 fully saturated rings. The molecular formula is C23H25N7O4. The number of carboxylic acid groups (broad SMARTS) is 1. The predicted octanol–water partition coefficient (Wildman–Crippen LogP) is 2.60. The average Bonchev–Trinajstić information content (AvgIpc) is 3.57. The van der Waals surface area contributed by atoms with Crippen LogP contribution < -0.4 is 10.2 Å². The van der Waals surface area contributed by atoms with Crippen molar-refractivity contribution in [1.82, 2.24) is 29.8 Å². The highest BCUT2D eigenvalue weighted by Gasteiger charge is 2.30. The first-order chi connectivity index (χ1) is 16.5. The number of amides is 2. The molecule has 176 valence electrons. The first-order valence-electron chi connectivity index (χ1n) is 11.2. The van der Waals surface area contributed by atoms with E-state index in [2.05, 4.69) is 15.6 Å². The van der Waals surface area contributed by atoms with Crippen molar-refractivity contribution in [2.45, 2.75) is 51.9 Å². The van der Waals surface area contributed by atoms with Crippen LogP contribution in [0.15, 0.2) is 47.4 Å². The summed E-state index contributed by atoms with van der Waals surface area (Å²) < 4.78 is 8.76. The molecule has 0 spiro atoms. The van der Waals surface area contributed by atoms with Crippen molar-refractivity contribution < 1.29 is 19.2 Å². The third kappa shape index (κ3) is 4.12. The van der Waals surface area contributed by atoms with Crippen LogP contribution >= 0.6 is 0 Å². The molecule has 0 saturated carbocycles. The summed E-state index contributed by atoms with van der Waals surface area (Å²) in [7, 11) is 0. The number of carbonyl (C=O) groups is 2. The van der Waals surface area contributed by atoms with Crippen LogP contribution in [0.4, 0.5) is 10.5 Å². The Kier molecular flexibility index (Phi) is 5.74. The lowest BCUT2D eigenvalue weighted by Gasteiger charge is -2.33. The van der Waals surface area contributed by atoms with E-state index < -0.39 is 6.09 Å². The van der Waals surface area contributed by atoms with Crippen molar-refractivity contribution in [2.75, 3.05) is 4.90 Å². The van der Waals surface area contributed by atoms with Crippen LogP contribution in [-0.2, 0) is 37.3 Å². The molecule has 1 aliphatic heterocycles. The van der Waals surface area contributed by atoms with Gasteiger partial charge in [-0.2, -0.15) is 5.10 Å². The molecule has 4 heterocycles. The standard InChI is InChI=1S/C23H25N7O4/c1-15-3-4-17-18(30(15)23(32)33)5-6-19-22(17)27-20(8-12-28-11-2-9-25-28)29(19)14-21(31)24-13-16-7-10-26-34-16/h2,5-7,9-11,15H,3-4,8,12-14H2,1H3,(H,24,31)(H,32,33)/t15-/m0/s1. The Balaban J connectivity index is 1.49. The molecule has 1 aromatic carbocycles. The van der Waals surface area contributed by atoms with Gasteiger partial charge in [0.25, 0.3) is 0 Å². The van der Waals surface area contributed by atoms with E-state index in [4.69, 9.17) is 9.51 Å². The van der Waals surface area contributed by atoms with Crippen LogP contribution in [0.5, 0.6) is 0 Å². The van der Waals surface area contributed by atoms with Crippen molar-refractivity contribution in [3.63, 3.8) is 0 Å². The van der Waals surface area contributed by atoms with E-state index in [0.717, 1.165) is 28.8 Å². The molecular weight excluding hydrogens is 438 g/mol. The van der Waals surface area contributed by atoms with E-state index in [0.29, 0.717) is 30.8 Å². The Morgan fingerprint density at radius 2 is 2.15 bits per heavy atom. The second kappa shape index (κ2) is 9.00. The molecule has 5 rings (SSSR count). The molecule has 2 amide bonds. The maximum Gasteiger partial charge on any atom is 0.412 e. The fourth-order valence-corrected chi connectivity index (χ4v) is 4.50. The highest BCUT2D eigenvalue weighted by Crippen LogP contribution is 2.36. The van der Waals surface area contributed by atoms with Crippen LogP contribution in [0.25, 0.3) is 11.0 Å². The summed E-state index contributed by atoms with van der Waals surface area (Å²) in [5.74, 6) is 1.13. The average molecular weight is 463 g/mol. The number of hydrogen-bond acceptors (Lipinski definition) is 6. The number of carbonyl (C=O) groups excluding carboxylic acids is 1. The van der Waals surface area contributed by atoms with Crippen LogP contribution in [0.3, 0.4) is 0 Å². The van der Waals surface area contributed by atoms with Crippen molar-refractivity contribution in [2.24, 2.45) is 0 Å². The fourth-order valence-electron chi connectivity index (χ4n) is 4.50. The molecule has 0 bridgehead atoms. The van der Waals surface area contributed by atoms with Gasteiger partial charge < -0.3 is 19.5 Å². The van der Waals surface area contributed by atoms with Gasteiger partial charge in [-0.1, -0.05) is 5.16 Å². The zero-order valence-corrected chi connectivity index (χ0v) is 18.7. The van der Waals surface area contributed by atoms with Gasteiger partial charge in [0.1, 0.15) is 12.4 Å². The SMILES string of the molecule is C[C@H]1CCc2c(ccc3c2nc(CCn2cccn2)n3CC(=O)NCc2ccno2)N1C(=O)O. The molecule has 11 nitrogen and oxygen atoms in total. The zero-order valence-electron chi connectivity index (χ0n) is 18.7. The Morgan fingerprint density at radius 1 is 1.26 bits per heavy atom. The van der Waals surface area contributed by atoms with Gasteiger partial charge in [-0.15, -0.1) is 0 Å². The fraction of sp³-hybridized carbons (Fsp3) is 0.348. The van der Waals surface area contributed by atoms with Crippen molar-refractivity contribution in [3.8, 4) is 0 Å². The Morgan fingerprint density at radius 3 is 2.88 bits per heavy atom. The van der Waals surface area contributed by atoms with Gasteiger partial charge >= 0.3 is 6.09 Å². The number of aryl methyl sites for hydroxylation is 3. The quantitative estimate of drug-likeness (QED) is 0.431. The van der Waals surface area contributed by atoms with Gasteiger partial charge in [-0.3, -0.25) is 14.4 Å². The van der Waals surface area contributed by atoms with E-state index >= 15 is 0 Å². The minimum Gasteiger partial charge on any atom is -0.465 e. The maximum absolute atomic E-state index is 12.8. The van der Waals surface area contributed by atoms with E-state index in [1.807, 2.05) is 40.6 Å². The number of nitrogens with zero attached hydrogens (tertiary/aromatic N) is 6.